The van der Waals surface area contributed by atoms with Crippen LogP contribution in [0.2, 0.25) is 6.82 Å². The lowest BCUT2D eigenvalue weighted by molar-refractivity contribution is -0.139. The van der Waals surface area contributed by atoms with E-state index >= 15 is 0 Å². The molecule has 13 heavy (non-hydrogen) atoms. The molecule has 0 aliphatic carbocycles. The standard InChI is InChI=1S/C10H12BO2/c1-11-9-5-3-8(4-6-9)7-10(12)13-2/h3-6H,7H2,1-2H3. The molecule has 0 aliphatic rings. The van der Waals surface area contributed by atoms with Crippen LogP contribution in [0.5, 0.6) is 0 Å². The van der Waals surface area contributed by atoms with E-state index in [2.05, 4.69) is 4.74 Å². The smallest absolute Gasteiger partial charge is 0.309 e. The van der Waals surface area contributed by atoms with Crippen LogP contribution in [0, 0.1) is 0 Å². The summed E-state index contributed by atoms with van der Waals surface area (Å²) < 4.78 is 4.56. The van der Waals surface area contributed by atoms with Gasteiger partial charge in [0.05, 0.1) is 13.5 Å². The van der Waals surface area contributed by atoms with Crippen LogP contribution in [0.25, 0.3) is 0 Å². The normalized spacial score (nSPS) is 9.38. The molecule has 0 heterocycles. The molecule has 0 aromatic heterocycles. The van der Waals surface area contributed by atoms with Crippen LogP contribution in [0.4, 0.5) is 0 Å². The third kappa shape index (κ3) is 2.94. The fourth-order valence-electron chi connectivity index (χ4n) is 1.07. The lowest BCUT2D eigenvalue weighted by Crippen LogP contribution is -2.11. The summed E-state index contributed by atoms with van der Waals surface area (Å²) in [6.07, 6.45) is 0.348. The summed E-state index contributed by atoms with van der Waals surface area (Å²) in [6, 6.07) is 7.84. The number of ether oxygens (including phenoxy) is 1. The average Bonchev–Trinajstić information content (AvgIpc) is 2.19. The van der Waals surface area contributed by atoms with Crippen molar-refractivity contribution in [3.05, 3.63) is 29.8 Å². The Morgan fingerprint density at radius 1 is 1.38 bits per heavy atom. The van der Waals surface area contributed by atoms with Crippen LogP contribution in [0.15, 0.2) is 24.3 Å². The van der Waals surface area contributed by atoms with E-state index in [4.69, 9.17) is 0 Å². The Hall–Kier alpha value is -1.25. The summed E-state index contributed by atoms with van der Waals surface area (Å²) in [7, 11) is 3.42. The molecule has 1 aromatic carbocycles. The highest BCUT2D eigenvalue weighted by Gasteiger charge is 2.01. The van der Waals surface area contributed by atoms with Gasteiger partial charge in [0.1, 0.15) is 7.28 Å². The molecule has 0 amide bonds. The number of hydrogen-bond acceptors (Lipinski definition) is 2. The Morgan fingerprint density at radius 3 is 2.46 bits per heavy atom. The van der Waals surface area contributed by atoms with E-state index in [0.717, 1.165) is 11.0 Å². The number of rotatable bonds is 3. The van der Waals surface area contributed by atoms with E-state index in [1.807, 2.05) is 38.4 Å². The van der Waals surface area contributed by atoms with Gasteiger partial charge >= 0.3 is 5.97 Å². The first kappa shape index (κ1) is 9.84. The minimum atomic E-state index is -0.201. The molecule has 0 bridgehead atoms. The Bertz CT molecular complexity index is 279. The molecule has 3 heteroatoms. The second-order valence-electron chi connectivity index (χ2n) is 2.78. The maximum absolute atomic E-state index is 10.9. The third-order valence-electron chi connectivity index (χ3n) is 1.89. The quantitative estimate of drug-likeness (QED) is 0.501. The highest BCUT2D eigenvalue weighted by atomic mass is 16.5. The zero-order chi connectivity index (χ0) is 9.68. The molecular formula is C10H12BO2. The number of methoxy groups -OCH3 is 1. The van der Waals surface area contributed by atoms with Crippen LogP contribution in [0.1, 0.15) is 5.56 Å². The number of carbonyl (C=O) groups excluding carboxylic acids is 1. The van der Waals surface area contributed by atoms with Gasteiger partial charge in [-0.05, 0) is 5.56 Å². The van der Waals surface area contributed by atoms with Crippen molar-refractivity contribution < 1.29 is 9.53 Å². The average molecular weight is 175 g/mol. The van der Waals surface area contributed by atoms with Gasteiger partial charge in [0.25, 0.3) is 0 Å². The Morgan fingerprint density at radius 2 is 2.00 bits per heavy atom. The van der Waals surface area contributed by atoms with Gasteiger partial charge in [-0.3, -0.25) is 4.79 Å². The van der Waals surface area contributed by atoms with Crippen molar-refractivity contribution in [2.45, 2.75) is 13.2 Å². The monoisotopic (exact) mass is 175 g/mol. The second kappa shape index (κ2) is 4.70. The first-order chi connectivity index (χ1) is 6.26. The van der Waals surface area contributed by atoms with Crippen molar-refractivity contribution in [2.75, 3.05) is 7.11 Å². The highest BCUT2D eigenvalue weighted by Crippen LogP contribution is 1.98. The van der Waals surface area contributed by atoms with E-state index in [-0.39, 0.29) is 5.97 Å². The van der Waals surface area contributed by atoms with E-state index < -0.39 is 0 Å². The first-order valence-corrected chi connectivity index (χ1v) is 4.21. The molecule has 0 saturated heterocycles. The molecule has 0 saturated carbocycles. The number of benzene rings is 1. The Kier molecular flexibility index (Phi) is 3.56. The maximum atomic E-state index is 10.9. The number of carbonyl (C=O) groups is 1. The van der Waals surface area contributed by atoms with E-state index in [1.165, 1.54) is 7.11 Å². The molecule has 0 fully saturated rings. The van der Waals surface area contributed by atoms with Crippen LogP contribution in [0.3, 0.4) is 0 Å². The summed E-state index contributed by atoms with van der Waals surface area (Å²) in [6.45, 7) is 1.98. The van der Waals surface area contributed by atoms with Gasteiger partial charge in [0.2, 0.25) is 0 Å². The molecule has 0 aliphatic heterocycles. The van der Waals surface area contributed by atoms with E-state index in [1.54, 1.807) is 0 Å². The molecule has 0 N–H and O–H groups in total. The number of hydrogen-bond donors (Lipinski definition) is 0. The minimum absolute atomic E-state index is 0.201. The molecule has 67 valence electrons. The largest absolute Gasteiger partial charge is 0.469 e. The SMILES string of the molecule is C[B]c1ccc(CC(=O)OC)cc1. The lowest BCUT2D eigenvalue weighted by Gasteiger charge is -2.00. The predicted octanol–water partition coefficient (Wildman–Crippen LogP) is 0.780. The molecular weight excluding hydrogens is 163 g/mol. The summed E-state index contributed by atoms with van der Waals surface area (Å²) in [5.74, 6) is -0.201. The lowest BCUT2D eigenvalue weighted by atomic mass is 9.73. The van der Waals surface area contributed by atoms with Gasteiger partial charge in [-0.25, -0.2) is 0 Å². The fraction of sp³-hybridized carbons (Fsp3) is 0.300. The molecule has 2 nitrogen and oxygen atoms in total. The van der Waals surface area contributed by atoms with Crippen molar-refractivity contribution in [1.82, 2.24) is 0 Å². The van der Waals surface area contributed by atoms with Gasteiger partial charge in [-0.1, -0.05) is 36.6 Å². The van der Waals surface area contributed by atoms with Crippen molar-refractivity contribution in [3.8, 4) is 0 Å². The topological polar surface area (TPSA) is 26.3 Å². The molecule has 0 atom stereocenters. The van der Waals surface area contributed by atoms with E-state index in [0.29, 0.717) is 6.42 Å². The predicted molar refractivity (Wildman–Crippen MR) is 53.4 cm³/mol. The zero-order valence-corrected chi connectivity index (χ0v) is 7.91. The molecule has 1 radical (unpaired) electrons. The van der Waals surface area contributed by atoms with Gasteiger partial charge in [-0.15, -0.1) is 0 Å². The van der Waals surface area contributed by atoms with Gasteiger partial charge in [-0.2, -0.15) is 0 Å². The minimum Gasteiger partial charge on any atom is -0.469 e. The highest BCUT2D eigenvalue weighted by molar-refractivity contribution is 6.51. The zero-order valence-electron chi connectivity index (χ0n) is 7.91. The van der Waals surface area contributed by atoms with Crippen LogP contribution in [-0.4, -0.2) is 20.4 Å². The molecule has 1 aromatic rings. The Balaban J connectivity index is 2.64. The second-order valence-corrected chi connectivity index (χ2v) is 2.78. The fourth-order valence-corrected chi connectivity index (χ4v) is 1.07. The number of esters is 1. The van der Waals surface area contributed by atoms with Crippen molar-refractivity contribution in [1.29, 1.82) is 0 Å². The molecule has 1 rings (SSSR count). The van der Waals surface area contributed by atoms with Gasteiger partial charge < -0.3 is 4.74 Å². The van der Waals surface area contributed by atoms with Gasteiger partial charge in [0.15, 0.2) is 0 Å². The van der Waals surface area contributed by atoms with Crippen LogP contribution in [-0.2, 0) is 16.0 Å². The van der Waals surface area contributed by atoms with Crippen molar-refractivity contribution >= 4 is 18.7 Å². The molecule has 0 unspecified atom stereocenters. The van der Waals surface area contributed by atoms with Crippen molar-refractivity contribution in [3.63, 3.8) is 0 Å². The summed E-state index contributed by atoms with van der Waals surface area (Å²) in [5, 5.41) is 0. The molecule has 0 spiro atoms. The van der Waals surface area contributed by atoms with Crippen LogP contribution < -0.4 is 5.46 Å². The Labute approximate surface area is 79.2 Å². The maximum Gasteiger partial charge on any atom is 0.309 e. The summed E-state index contributed by atoms with van der Waals surface area (Å²) in [5.41, 5.74) is 2.14. The summed E-state index contributed by atoms with van der Waals surface area (Å²) in [4.78, 5) is 10.9. The summed E-state index contributed by atoms with van der Waals surface area (Å²) >= 11 is 0. The third-order valence-corrected chi connectivity index (χ3v) is 1.89. The first-order valence-electron chi connectivity index (χ1n) is 4.21. The van der Waals surface area contributed by atoms with Crippen molar-refractivity contribution in [2.24, 2.45) is 0 Å². The van der Waals surface area contributed by atoms with E-state index in [9.17, 15) is 4.79 Å². The van der Waals surface area contributed by atoms with Gasteiger partial charge in [0, 0.05) is 0 Å². The van der Waals surface area contributed by atoms with Crippen LogP contribution >= 0.6 is 0 Å².